The summed E-state index contributed by atoms with van der Waals surface area (Å²) in [5, 5.41) is 8.89. The van der Waals surface area contributed by atoms with E-state index < -0.39 is 11.9 Å². The molecule has 0 aliphatic heterocycles. The van der Waals surface area contributed by atoms with Crippen molar-refractivity contribution in [3.63, 3.8) is 0 Å². The summed E-state index contributed by atoms with van der Waals surface area (Å²) in [6.07, 6.45) is 1.35. The molecule has 0 amide bonds. The van der Waals surface area contributed by atoms with Gasteiger partial charge in [0, 0.05) is 10.7 Å². The molecule has 5 heteroatoms. The van der Waals surface area contributed by atoms with Crippen molar-refractivity contribution in [1.29, 1.82) is 5.26 Å². The Balaban J connectivity index is 2.71. The molecule has 0 aromatic heterocycles. The fraction of sp³-hybridized carbons (Fsp3) is 0.357. The van der Waals surface area contributed by atoms with E-state index >= 15 is 0 Å². The maximum Gasteiger partial charge on any atom is 0.328 e. The molecule has 0 N–H and O–H groups in total. The molecular formula is C14H15BrN2O2. The molecule has 0 heterocycles. The van der Waals surface area contributed by atoms with Gasteiger partial charge in [-0.15, -0.1) is 0 Å². The van der Waals surface area contributed by atoms with Crippen LogP contribution in [0.1, 0.15) is 25.5 Å². The van der Waals surface area contributed by atoms with Crippen molar-refractivity contribution >= 4 is 28.1 Å². The maximum absolute atomic E-state index is 11.4. The number of halogens is 1. The summed E-state index contributed by atoms with van der Waals surface area (Å²) in [6.45, 7) is 3.86. The Morgan fingerprint density at radius 1 is 1.53 bits per heavy atom. The summed E-state index contributed by atoms with van der Waals surface area (Å²) >= 11 is 3.36. The highest BCUT2D eigenvalue weighted by molar-refractivity contribution is 9.10. The number of esters is 1. The molecule has 1 aromatic carbocycles. The SMILES string of the molecule is CCOC(=O)[C@H](C#N)C=N[C@H](C)c1ccc(Br)cc1. The minimum Gasteiger partial charge on any atom is -0.465 e. The number of aliphatic imine (C=N–C) groups is 1. The van der Waals surface area contributed by atoms with Crippen LogP contribution < -0.4 is 0 Å². The molecule has 1 rings (SSSR count). The number of nitrogens with zero attached hydrogens (tertiary/aromatic N) is 2. The largest absolute Gasteiger partial charge is 0.465 e. The highest BCUT2D eigenvalue weighted by Gasteiger charge is 2.16. The number of carbonyl (C=O) groups excluding carboxylic acids is 1. The highest BCUT2D eigenvalue weighted by Crippen LogP contribution is 2.19. The van der Waals surface area contributed by atoms with Crippen LogP contribution in [0.15, 0.2) is 33.7 Å². The van der Waals surface area contributed by atoms with E-state index in [-0.39, 0.29) is 12.6 Å². The van der Waals surface area contributed by atoms with E-state index in [1.54, 1.807) is 6.92 Å². The van der Waals surface area contributed by atoms with Crippen LogP contribution in [0, 0.1) is 17.2 Å². The van der Waals surface area contributed by atoms with Gasteiger partial charge in [-0.2, -0.15) is 5.26 Å². The van der Waals surface area contributed by atoms with Crippen LogP contribution in [-0.2, 0) is 9.53 Å². The van der Waals surface area contributed by atoms with Crippen LogP contribution in [0.4, 0.5) is 0 Å². The van der Waals surface area contributed by atoms with Crippen LogP contribution >= 0.6 is 15.9 Å². The van der Waals surface area contributed by atoms with Crippen molar-refractivity contribution in [3.8, 4) is 6.07 Å². The van der Waals surface area contributed by atoms with Gasteiger partial charge < -0.3 is 4.74 Å². The first-order valence-corrected chi connectivity index (χ1v) is 6.72. The Hall–Kier alpha value is -1.67. The molecule has 0 spiro atoms. The minimum absolute atomic E-state index is 0.113. The van der Waals surface area contributed by atoms with Crippen LogP contribution in [-0.4, -0.2) is 18.8 Å². The van der Waals surface area contributed by atoms with Gasteiger partial charge in [0.2, 0.25) is 0 Å². The zero-order valence-corrected chi connectivity index (χ0v) is 12.4. The fourth-order valence-corrected chi connectivity index (χ4v) is 1.69. The van der Waals surface area contributed by atoms with Gasteiger partial charge in [0.1, 0.15) is 0 Å². The molecule has 0 aliphatic carbocycles. The number of hydrogen-bond donors (Lipinski definition) is 0. The smallest absolute Gasteiger partial charge is 0.328 e. The number of ether oxygens (including phenoxy) is 1. The number of hydrogen-bond acceptors (Lipinski definition) is 4. The van der Waals surface area contributed by atoms with Gasteiger partial charge in [-0.05, 0) is 31.5 Å². The van der Waals surface area contributed by atoms with Gasteiger partial charge in [-0.1, -0.05) is 28.1 Å². The lowest BCUT2D eigenvalue weighted by Crippen LogP contribution is -2.17. The minimum atomic E-state index is -0.946. The van der Waals surface area contributed by atoms with Crippen LogP contribution in [0.2, 0.25) is 0 Å². The van der Waals surface area contributed by atoms with E-state index in [0.29, 0.717) is 0 Å². The first-order valence-electron chi connectivity index (χ1n) is 5.93. The molecule has 0 bridgehead atoms. The molecule has 0 fully saturated rings. The summed E-state index contributed by atoms with van der Waals surface area (Å²) in [4.78, 5) is 15.7. The van der Waals surface area contributed by atoms with Crippen molar-refractivity contribution in [2.24, 2.45) is 10.9 Å². The number of nitriles is 1. The fourth-order valence-electron chi connectivity index (χ4n) is 1.42. The molecule has 0 aliphatic rings. The van der Waals surface area contributed by atoms with Crippen molar-refractivity contribution in [2.45, 2.75) is 19.9 Å². The Bertz CT molecular complexity index is 491. The molecule has 100 valence electrons. The van der Waals surface area contributed by atoms with Crippen LogP contribution in [0.5, 0.6) is 0 Å². The second-order valence-electron chi connectivity index (χ2n) is 3.88. The van der Waals surface area contributed by atoms with Crippen LogP contribution in [0.3, 0.4) is 0 Å². The average Bonchev–Trinajstić information content (AvgIpc) is 2.40. The lowest BCUT2D eigenvalue weighted by atomic mass is 10.1. The summed E-state index contributed by atoms with van der Waals surface area (Å²) < 4.78 is 5.78. The second-order valence-corrected chi connectivity index (χ2v) is 4.80. The van der Waals surface area contributed by atoms with E-state index in [4.69, 9.17) is 10.00 Å². The Labute approximate surface area is 121 Å². The molecule has 0 saturated heterocycles. The third-order valence-electron chi connectivity index (χ3n) is 2.49. The topological polar surface area (TPSA) is 62.5 Å². The summed E-state index contributed by atoms with van der Waals surface area (Å²) in [7, 11) is 0. The number of carbonyl (C=O) groups is 1. The predicted octanol–water partition coefficient (Wildman–Crippen LogP) is 3.28. The first-order chi connectivity index (χ1) is 9.08. The summed E-state index contributed by atoms with van der Waals surface area (Å²) in [6, 6.07) is 9.49. The predicted molar refractivity (Wildman–Crippen MR) is 76.8 cm³/mol. The van der Waals surface area contributed by atoms with Crippen molar-refractivity contribution in [3.05, 3.63) is 34.3 Å². The van der Waals surface area contributed by atoms with Gasteiger partial charge in [0.15, 0.2) is 5.92 Å². The van der Waals surface area contributed by atoms with Crippen molar-refractivity contribution in [2.75, 3.05) is 6.61 Å². The molecule has 4 nitrogen and oxygen atoms in total. The third-order valence-corrected chi connectivity index (χ3v) is 3.02. The molecule has 1 aromatic rings. The van der Waals surface area contributed by atoms with Crippen LogP contribution in [0.25, 0.3) is 0 Å². The molecular weight excluding hydrogens is 308 g/mol. The molecule has 0 radical (unpaired) electrons. The average molecular weight is 323 g/mol. The zero-order chi connectivity index (χ0) is 14.3. The monoisotopic (exact) mass is 322 g/mol. The van der Waals surface area contributed by atoms with Gasteiger partial charge >= 0.3 is 5.97 Å². The van der Waals surface area contributed by atoms with Crippen molar-refractivity contribution in [1.82, 2.24) is 0 Å². The maximum atomic E-state index is 11.4. The Morgan fingerprint density at radius 2 is 2.16 bits per heavy atom. The lowest BCUT2D eigenvalue weighted by Gasteiger charge is -2.08. The zero-order valence-electron chi connectivity index (χ0n) is 10.8. The molecule has 0 saturated carbocycles. The summed E-state index contributed by atoms with van der Waals surface area (Å²) in [5.74, 6) is -1.50. The normalized spacial score (nSPS) is 13.8. The molecule has 0 unspecified atom stereocenters. The van der Waals surface area contributed by atoms with E-state index in [0.717, 1.165) is 10.0 Å². The van der Waals surface area contributed by atoms with Gasteiger partial charge in [-0.25, -0.2) is 0 Å². The quantitative estimate of drug-likeness (QED) is 0.617. The summed E-state index contributed by atoms with van der Waals surface area (Å²) in [5.41, 5.74) is 1.01. The standard InChI is InChI=1S/C14H15BrN2O2/c1-3-19-14(18)12(8-16)9-17-10(2)11-4-6-13(15)7-5-11/h4-7,9-10,12H,3H2,1-2H3/t10-,12-/m1/s1. The van der Waals surface area contributed by atoms with E-state index in [1.165, 1.54) is 6.21 Å². The highest BCUT2D eigenvalue weighted by atomic mass is 79.9. The Morgan fingerprint density at radius 3 is 2.68 bits per heavy atom. The molecule has 19 heavy (non-hydrogen) atoms. The van der Waals surface area contributed by atoms with Gasteiger partial charge in [0.05, 0.1) is 18.7 Å². The van der Waals surface area contributed by atoms with Crippen molar-refractivity contribution < 1.29 is 9.53 Å². The van der Waals surface area contributed by atoms with E-state index in [2.05, 4.69) is 20.9 Å². The third kappa shape index (κ3) is 4.84. The van der Waals surface area contributed by atoms with E-state index in [1.807, 2.05) is 37.3 Å². The van der Waals surface area contributed by atoms with Gasteiger partial charge in [0.25, 0.3) is 0 Å². The second kappa shape index (κ2) is 7.70. The Kier molecular flexibility index (Phi) is 6.23. The van der Waals surface area contributed by atoms with Gasteiger partial charge in [-0.3, -0.25) is 9.79 Å². The molecule has 2 atom stereocenters. The number of benzene rings is 1. The van der Waals surface area contributed by atoms with E-state index in [9.17, 15) is 4.79 Å². The number of rotatable bonds is 5. The lowest BCUT2D eigenvalue weighted by molar-refractivity contribution is -0.143. The first kappa shape index (κ1) is 15.4.